The first-order valence-corrected chi connectivity index (χ1v) is 9.22. The van der Waals surface area contributed by atoms with Gasteiger partial charge in [-0.15, -0.1) is 0 Å². The summed E-state index contributed by atoms with van der Waals surface area (Å²) < 4.78 is 1.82. The molecule has 2 aromatic heterocycles. The number of hydrogen-bond acceptors (Lipinski definition) is 3. The Morgan fingerprint density at radius 3 is 2.89 bits per heavy atom. The number of aromatic amines is 1. The molecule has 0 atom stereocenters. The van der Waals surface area contributed by atoms with Gasteiger partial charge in [0, 0.05) is 35.8 Å². The van der Waals surface area contributed by atoms with Crippen LogP contribution < -0.4 is 5.32 Å². The lowest BCUT2D eigenvalue weighted by Crippen LogP contribution is -2.38. The maximum absolute atomic E-state index is 12.9. The number of carbonyl (C=O) groups is 2. The van der Waals surface area contributed by atoms with Gasteiger partial charge in [-0.2, -0.15) is 5.10 Å². The predicted molar refractivity (Wildman–Crippen MR) is 102 cm³/mol. The molecule has 1 aromatic carbocycles. The van der Waals surface area contributed by atoms with Crippen molar-refractivity contribution in [3.05, 3.63) is 53.5 Å². The van der Waals surface area contributed by atoms with E-state index in [4.69, 9.17) is 0 Å². The molecule has 0 unspecified atom stereocenters. The van der Waals surface area contributed by atoms with Crippen LogP contribution in [-0.2, 0) is 13.1 Å². The van der Waals surface area contributed by atoms with E-state index in [0.29, 0.717) is 43.4 Å². The van der Waals surface area contributed by atoms with E-state index in [1.54, 1.807) is 11.0 Å². The zero-order valence-corrected chi connectivity index (χ0v) is 15.5. The number of carbonyl (C=O) groups excluding carboxylic acids is 2. The standard InChI is InChI=1S/C20H23N5O2/c1-13(2)11-22-19(26)18-10-16-12-24(7-8-25(16)23-18)20(27)15-3-4-17-14(9-15)5-6-21-17/h3-6,9-10,13,21H,7-8,11-12H2,1-2H3,(H,22,26). The van der Waals surface area contributed by atoms with E-state index in [9.17, 15) is 9.59 Å². The largest absolute Gasteiger partial charge is 0.361 e. The Kier molecular flexibility index (Phi) is 4.43. The topological polar surface area (TPSA) is 83.0 Å². The van der Waals surface area contributed by atoms with E-state index in [1.807, 2.05) is 49.0 Å². The van der Waals surface area contributed by atoms with E-state index in [-0.39, 0.29) is 11.8 Å². The van der Waals surface area contributed by atoms with E-state index in [1.165, 1.54) is 0 Å². The van der Waals surface area contributed by atoms with Gasteiger partial charge in [0.05, 0.1) is 18.8 Å². The monoisotopic (exact) mass is 365 g/mol. The van der Waals surface area contributed by atoms with E-state index >= 15 is 0 Å². The molecule has 7 nitrogen and oxygen atoms in total. The molecular formula is C20H23N5O2. The van der Waals surface area contributed by atoms with Crippen LogP contribution in [-0.4, -0.2) is 44.6 Å². The number of rotatable bonds is 4. The lowest BCUT2D eigenvalue weighted by Gasteiger charge is -2.27. The third-order valence-corrected chi connectivity index (χ3v) is 4.79. The Morgan fingerprint density at radius 1 is 1.22 bits per heavy atom. The molecule has 7 heteroatoms. The third-order valence-electron chi connectivity index (χ3n) is 4.79. The molecular weight excluding hydrogens is 342 g/mol. The number of fused-ring (bicyclic) bond motifs is 2. The number of nitrogens with one attached hydrogen (secondary N) is 2. The number of nitrogens with zero attached hydrogens (tertiary/aromatic N) is 3. The van der Waals surface area contributed by atoms with Gasteiger partial charge in [0.25, 0.3) is 11.8 Å². The maximum atomic E-state index is 12.9. The molecule has 2 amide bonds. The second-order valence-corrected chi connectivity index (χ2v) is 7.35. The molecule has 0 saturated heterocycles. The molecule has 0 fully saturated rings. The lowest BCUT2D eigenvalue weighted by molar-refractivity contribution is 0.0705. The van der Waals surface area contributed by atoms with E-state index < -0.39 is 0 Å². The van der Waals surface area contributed by atoms with Gasteiger partial charge < -0.3 is 15.2 Å². The van der Waals surface area contributed by atoms with Crippen LogP contribution in [0.2, 0.25) is 0 Å². The number of H-pyrrole nitrogens is 1. The van der Waals surface area contributed by atoms with Crippen LogP contribution in [0.5, 0.6) is 0 Å². The SMILES string of the molecule is CC(C)CNC(=O)c1cc2n(n1)CCN(C(=O)c1ccc3[nH]ccc3c1)C2. The van der Waals surface area contributed by atoms with Gasteiger partial charge in [-0.3, -0.25) is 14.3 Å². The normalized spacial score (nSPS) is 13.8. The Bertz CT molecular complexity index is 1000. The zero-order chi connectivity index (χ0) is 19.0. The molecule has 0 bridgehead atoms. The van der Waals surface area contributed by atoms with Crippen LogP contribution in [0.15, 0.2) is 36.5 Å². The fourth-order valence-electron chi connectivity index (χ4n) is 3.31. The fraction of sp³-hybridized carbons (Fsp3) is 0.350. The Balaban J connectivity index is 1.49. The van der Waals surface area contributed by atoms with Crippen molar-refractivity contribution in [1.82, 2.24) is 25.0 Å². The Labute approximate surface area is 157 Å². The molecule has 140 valence electrons. The summed E-state index contributed by atoms with van der Waals surface area (Å²) in [7, 11) is 0. The van der Waals surface area contributed by atoms with Crippen LogP contribution in [0.25, 0.3) is 10.9 Å². The molecule has 4 rings (SSSR count). The molecule has 3 heterocycles. The van der Waals surface area contributed by atoms with Crippen molar-refractivity contribution >= 4 is 22.7 Å². The summed E-state index contributed by atoms with van der Waals surface area (Å²) in [4.78, 5) is 30.1. The van der Waals surface area contributed by atoms with Crippen molar-refractivity contribution in [2.45, 2.75) is 26.9 Å². The van der Waals surface area contributed by atoms with Gasteiger partial charge in [-0.1, -0.05) is 13.8 Å². The van der Waals surface area contributed by atoms with E-state index in [2.05, 4.69) is 15.4 Å². The van der Waals surface area contributed by atoms with Gasteiger partial charge in [0.15, 0.2) is 5.69 Å². The summed E-state index contributed by atoms with van der Waals surface area (Å²) in [6.45, 7) is 6.33. The highest BCUT2D eigenvalue weighted by molar-refractivity contribution is 5.98. The number of amides is 2. The van der Waals surface area contributed by atoms with Crippen LogP contribution in [0.3, 0.4) is 0 Å². The minimum absolute atomic E-state index is 0.00337. The minimum atomic E-state index is -0.165. The average Bonchev–Trinajstić information content (AvgIpc) is 3.30. The number of aromatic nitrogens is 3. The third kappa shape index (κ3) is 3.45. The molecule has 3 aromatic rings. The van der Waals surface area contributed by atoms with Crippen molar-refractivity contribution in [3.8, 4) is 0 Å². The molecule has 0 saturated carbocycles. The Hall–Kier alpha value is -3.09. The first kappa shape index (κ1) is 17.3. The molecule has 1 aliphatic heterocycles. The van der Waals surface area contributed by atoms with Gasteiger partial charge in [0.1, 0.15) is 0 Å². The molecule has 1 aliphatic rings. The second kappa shape index (κ2) is 6.90. The van der Waals surface area contributed by atoms with Gasteiger partial charge in [-0.25, -0.2) is 0 Å². The smallest absolute Gasteiger partial charge is 0.271 e. The summed E-state index contributed by atoms with van der Waals surface area (Å²) in [6.07, 6.45) is 1.87. The predicted octanol–water partition coefficient (Wildman–Crippen LogP) is 2.41. The fourth-order valence-corrected chi connectivity index (χ4v) is 3.31. The molecule has 27 heavy (non-hydrogen) atoms. The summed E-state index contributed by atoms with van der Waals surface area (Å²) >= 11 is 0. The summed E-state index contributed by atoms with van der Waals surface area (Å²) in [6, 6.07) is 9.42. The molecule has 0 aliphatic carbocycles. The molecule has 0 spiro atoms. The zero-order valence-electron chi connectivity index (χ0n) is 15.5. The lowest BCUT2D eigenvalue weighted by atomic mass is 10.1. The molecule has 0 radical (unpaired) electrons. The first-order valence-electron chi connectivity index (χ1n) is 9.22. The van der Waals surface area contributed by atoms with Crippen molar-refractivity contribution in [2.24, 2.45) is 5.92 Å². The highest BCUT2D eigenvalue weighted by Crippen LogP contribution is 2.19. The maximum Gasteiger partial charge on any atom is 0.271 e. The number of benzene rings is 1. The quantitative estimate of drug-likeness (QED) is 0.745. The van der Waals surface area contributed by atoms with Crippen molar-refractivity contribution in [2.75, 3.05) is 13.1 Å². The van der Waals surface area contributed by atoms with Crippen molar-refractivity contribution in [3.63, 3.8) is 0 Å². The van der Waals surface area contributed by atoms with Crippen LogP contribution >= 0.6 is 0 Å². The summed E-state index contributed by atoms with van der Waals surface area (Å²) in [5.74, 6) is 0.217. The van der Waals surface area contributed by atoms with Gasteiger partial charge >= 0.3 is 0 Å². The second-order valence-electron chi connectivity index (χ2n) is 7.35. The molecule has 2 N–H and O–H groups in total. The number of hydrogen-bond donors (Lipinski definition) is 2. The first-order chi connectivity index (χ1) is 13.0. The van der Waals surface area contributed by atoms with Gasteiger partial charge in [0.2, 0.25) is 0 Å². The summed E-state index contributed by atoms with van der Waals surface area (Å²) in [5, 5.41) is 8.30. The minimum Gasteiger partial charge on any atom is -0.361 e. The van der Waals surface area contributed by atoms with Crippen LogP contribution in [0.1, 0.15) is 40.4 Å². The van der Waals surface area contributed by atoms with Crippen LogP contribution in [0.4, 0.5) is 0 Å². The highest BCUT2D eigenvalue weighted by Gasteiger charge is 2.25. The highest BCUT2D eigenvalue weighted by atomic mass is 16.2. The van der Waals surface area contributed by atoms with Crippen LogP contribution in [0, 0.1) is 5.92 Å². The summed E-state index contributed by atoms with van der Waals surface area (Å²) in [5.41, 5.74) is 2.98. The van der Waals surface area contributed by atoms with E-state index in [0.717, 1.165) is 16.6 Å². The van der Waals surface area contributed by atoms with Crippen molar-refractivity contribution in [1.29, 1.82) is 0 Å². The van der Waals surface area contributed by atoms with Crippen molar-refractivity contribution < 1.29 is 9.59 Å². The Morgan fingerprint density at radius 2 is 2.07 bits per heavy atom. The van der Waals surface area contributed by atoms with Gasteiger partial charge in [-0.05, 0) is 36.2 Å². The average molecular weight is 365 g/mol.